The van der Waals surface area contributed by atoms with Crippen LogP contribution in [0.3, 0.4) is 0 Å². The molecule has 0 unspecified atom stereocenters. The zero-order chi connectivity index (χ0) is 16.4. The van der Waals surface area contributed by atoms with Gasteiger partial charge in [-0.1, -0.05) is 36.9 Å². The summed E-state index contributed by atoms with van der Waals surface area (Å²) in [5.74, 6) is 1.96. The Bertz CT molecular complexity index is 712. The summed E-state index contributed by atoms with van der Waals surface area (Å²) in [6, 6.07) is 8.84. The fourth-order valence-corrected chi connectivity index (χ4v) is 3.97. The van der Waals surface area contributed by atoms with Gasteiger partial charge in [-0.2, -0.15) is 0 Å². The van der Waals surface area contributed by atoms with Crippen LogP contribution >= 0.6 is 11.6 Å². The van der Waals surface area contributed by atoms with Crippen LogP contribution in [0.4, 0.5) is 11.6 Å². The SMILES string of the molecule is Clc1ccc2c(c1)CCN(c1cc(NC3CCCCC3)ncn1)C2. The van der Waals surface area contributed by atoms with E-state index in [0.29, 0.717) is 6.04 Å². The fraction of sp³-hybridized carbons (Fsp3) is 0.474. The molecule has 1 N–H and O–H groups in total. The molecule has 1 fully saturated rings. The molecule has 0 atom stereocenters. The highest BCUT2D eigenvalue weighted by Crippen LogP contribution is 2.27. The summed E-state index contributed by atoms with van der Waals surface area (Å²) in [6.07, 6.45) is 9.18. The molecule has 2 aliphatic rings. The van der Waals surface area contributed by atoms with Crippen LogP contribution in [-0.4, -0.2) is 22.6 Å². The van der Waals surface area contributed by atoms with Crippen molar-refractivity contribution < 1.29 is 0 Å². The largest absolute Gasteiger partial charge is 0.367 e. The molecule has 2 aromatic rings. The first-order valence-corrected chi connectivity index (χ1v) is 9.26. The normalized spacial score (nSPS) is 18.3. The first-order valence-electron chi connectivity index (χ1n) is 8.89. The number of nitrogens with zero attached hydrogens (tertiary/aromatic N) is 3. The van der Waals surface area contributed by atoms with Crippen molar-refractivity contribution in [1.29, 1.82) is 0 Å². The Morgan fingerprint density at radius 1 is 1.04 bits per heavy atom. The van der Waals surface area contributed by atoms with Crippen molar-refractivity contribution in [3.8, 4) is 0 Å². The molecule has 24 heavy (non-hydrogen) atoms. The third-order valence-electron chi connectivity index (χ3n) is 5.11. The number of anilines is 2. The maximum absolute atomic E-state index is 6.10. The van der Waals surface area contributed by atoms with E-state index in [1.165, 1.54) is 43.2 Å². The van der Waals surface area contributed by atoms with Gasteiger partial charge in [0.15, 0.2) is 0 Å². The second-order valence-corrected chi connectivity index (χ2v) is 7.26. The van der Waals surface area contributed by atoms with E-state index in [4.69, 9.17) is 11.6 Å². The van der Waals surface area contributed by atoms with Gasteiger partial charge in [-0.05, 0) is 42.5 Å². The molecule has 0 saturated heterocycles. The standard InChI is InChI=1S/C19H23ClN4/c20-16-7-6-15-12-24(9-8-14(15)10-16)19-11-18(21-13-22-19)23-17-4-2-1-3-5-17/h6-7,10-11,13,17H,1-5,8-9,12H2,(H,21,22,23). The number of fused-ring (bicyclic) bond motifs is 1. The van der Waals surface area contributed by atoms with E-state index >= 15 is 0 Å². The van der Waals surface area contributed by atoms with Crippen molar-refractivity contribution >= 4 is 23.2 Å². The number of halogens is 1. The van der Waals surface area contributed by atoms with E-state index in [2.05, 4.69) is 38.4 Å². The van der Waals surface area contributed by atoms with Gasteiger partial charge in [-0.3, -0.25) is 0 Å². The average Bonchev–Trinajstić information content (AvgIpc) is 2.62. The quantitative estimate of drug-likeness (QED) is 0.895. The van der Waals surface area contributed by atoms with Crippen molar-refractivity contribution in [3.05, 3.63) is 46.7 Å². The average molecular weight is 343 g/mol. The zero-order valence-electron chi connectivity index (χ0n) is 13.8. The van der Waals surface area contributed by atoms with Crippen molar-refractivity contribution in [1.82, 2.24) is 9.97 Å². The van der Waals surface area contributed by atoms with Gasteiger partial charge in [0.25, 0.3) is 0 Å². The molecule has 4 nitrogen and oxygen atoms in total. The minimum atomic E-state index is 0.561. The van der Waals surface area contributed by atoms with E-state index in [0.717, 1.165) is 36.2 Å². The van der Waals surface area contributed by atoms with Crippen LogP contribution in [0.1, 0.15) is 43.2 Å². The Balaban J connectivity index is 1.48. The zero-order valence-corrected chi connectivity index (χ0v) is 14.6. The van der Waals surface area contributed by atoms with E-state index in [1.807, 2.05) is 6.07 Å². The highest BCUT2D eigenvalue weighted by Gasteiger charge is 2.19. The number of benzene rings is 1. The topological polar surface area (TPSA) is 41.0 Å². The van der Waals surface area contributed by atoms with Crippen LogP contribution < -0.4 is 10.2 Å². The van der Waals surface area contributed by atoms with E-state index in [-0.39, 0.29) is 0 Å². The van der Waals surface area contributed by atoms with Crippen LogP contribution in [0.25, 0.3) is 0 Å². The van der Waals surface area contributed by atoms with Gasteiger partial charge in [0.1, 0.15) is 18.0 Å². The molecule has 4 rings (SSSR count). The summed E-state index contributed by atoms with van der Waals surface area (Å²) < 4.78 is 0. The Kier molecular flexibility index (Phi) is 4.56. The summed E-state index contributed by atoms with van der Waals surface area (Å²) in [7, 11) is 0. The minimum Gasteiger partial charge on any atom is -0.367 e. The number of hydrogen-bond donors (Lipinski definition) is 1. The lowest BCUT2D eigenvalue weighted by Crippen LogP contribution is -2.31. The number of rotatable bonds is 3. The molecule has 126 valence electrons. The van der Waals surface area contributed by atoms with Crippen LogP contribution in [0, 0.1) is 0 Å². The van der Waals surface area contributed by atoms with Gasteiger partial charge in [0, 0.05) is 30.2 Å². The van der Waals surface area contributed by atoms with Crippen LogP contribution in [0.15, 0.2) is 30.6 Å². The first kappa shape index (κ1) is 15.7. The van der Waals surface area contributed by atoms with Crippen LogP contribution in [0.5, 0.6) is 0 Å². The number of aromatic nitrogens is 2. The Labute approximate surface area is 148 Å². The van der Waals surface area contributed by atoms with E-state index in [1.54, 1.807) is 6.33 Å². The summed E-state index contributed by atoms with van der Waals surface area (Å²) in [6.45, 7) is 1.85. The third kappa shape index (κ3) is 3.48. The maximum Gasteiger partial charge on any atom is 0.134 e. The molecule has 0 radical (unpaired) electrons. The predicted molar refractivity (Wildman–Crippen MR) is 98.7 cm³/mol. The van der Waals surface area contributed by atoms with Gasteiger partial charge in [0.05, 0.1) is 0 Å². The van der Waals surface area contributed by atoms with E-state index < -0.39 is 0 Å². The second kappa shape index (κ2) is 6.98. The lowest BCUT2D eigenvalue weighted by molar-refractivity contribution is 0.462. The molecule has 1 saturated carbocycles. The van der Waals surface area contributed by atoms with Gasteiger partial charge in [-0.25, -0.2) is 9.97 Å². The second-order valence-electron chi connectivity index (χ2n) is 6.83. The molecule has 1 aromatic carbocycles. The summed E-state index contributed by atoms with van der Waals surface area (Å²) in [5, 5.41) is 4.41. The van der Waals surface area contributed by atoms with Crippen molar-refractivity contribution in [2.45, 2.75) is 51.1 Å². The Morgan fingerprint density at radius 3 is 2.79 bits per heavy atom. The molecule has 0 amide bonds. The highest BCUT2D eigenvalue weighted by molar-refractivity contribution is 6.30. The molecular formula is C19H23ClN4. The van der Waals surface area contributed by atoms with Gasteiger partial charge >= 0.3 is 0 Å². The molecule has 0 bridgehead atoms. The fourth-order valence-electron chi connectivity index (χ4n) is 3.77. The lowest BCUT2D eigenvalue weighted by Gasteiger charge is -2.30. The van der Waals surface area contributed by atoms with Crippen LogP contribution in [-0.2, 0) is 13.0 Å². The summed E-state index contributed by atoms with van der Waals surface area (Å²) in [4.78, 5) is 11.2. The molecule has 1 aromatic heterocycles. The predicted octanol–water partition coefficient (Wildman–Crippen LogP) is 4.44. The first-order chi connectivity index (χ1) is 11.8. The number of hydrogen-bond acceptors (Lipinski definition) is 4. The van der Waals surface area contributed by atoms with Crippen molar-refractivity contribution in [2.24, 2.45) is 0 Å². The van der Waals surface area contributed by atoms with Gasteiger partial charge in [-0.15, -0.1) is 0 Å². The van der Waals surface area contributed by atoms with Gasteiger partial charge < -0.3 is 10.2 Å². The maximum atomic E-state index is 6.10. The molecule has 1 aliphatic carbocycles. The molecule has 0 spiro atoms. The van der Waals surface area contributed by atoms with Gasteiger partial charge in [0.2, 0.25) is 0 Å². The molecular weight excluding hydrogens is 320 g/mol. The summed E-state index contributed by atoms with van der Waals surface area (Å²) >= 11 is 6.10. The highest BCUT2D eigenvalue weighted by atomic mass is 35.5. The van der Waals surface area contributed by atoms with Crippen molar-refractivity contribution in [2.75, 3.05) is 16.8 Å². The third-order valence-corrected chi connectivity index (χ3v) is 5.35. The Morgan fingerprint density at radius 2 is 1.92 bits per heavy atom. The summed E-state index contributed by atoms with van der Waals surface area (Å²) in [5.41, 5.74) is 2.69. The van der Waals surface area contributed by atoms with Crippen molar-refractivity contribution in [3.63, 3.8) is 0 Å². The smallest absolute Gasteiger partial charge is 0.134 e. The molecule has 5 heteroatoms. The van der Waals surface area contributed by atoms with E-state index in [9.17, 15) is 0 Å². The number of nitrogens with one attached hydrogen (secondary N) is 1. The minimum absolute atomic E-state index is 0.561. The molecule has 2 heterocycles. The van der Waals surface area contributed by atoms with Crippen LogP contribution in [0.2, 0.25) is 5.02 Å². The Hall–Kier alpha value is -1.81. The molecule has 1 aliphatic heterocycles. The lowest BCUT2D eigenvalue weighted by atomic mass is 9.95. The monoisotopic (exact) mass is 342 g/mol.